The minimum Gasteiger partial charge on any atom is -0.416 e. The van der Waals surface area contributed by atoms with Crippen molar-refractivity contribution in [3.63, 3.8) is 0 Å². The van der Waals surface area contributed by atoms with Crippen molar-refractivity contribution >= 4 is 23.1 Å². The van der Waals surface area contributed by atoms with Crippen LogP contribution in [0.25, 0.3) is 0 Å². The standard InChI is InChI=1S/C21H22N2O8/c1-13(7-8-21(26)14(2)10-16(24)12-20(21,3)4)9-19(25)31-18-6-5-15(22(27)28)11-17(18)23(29)30/h5-11,26H,12H2,1-4H3. The number of rotatable bonds is 6. The lowest BCUT2D eigenvalue weighted by molar-refractivity contribution is -0.394. The highest BCUT2D eigenvalue weighted by Crippen LogP contribution is 2.44. The Kier molecular flexibility index (Phi) is 6.55. The molecule has 0 radical (unpaired) electrons. The molecule has 0 spiro atoms. The monoisotopic (exact) mass is 430 g/mol. The summed E-state index contributed by atoms with van der Waals surface area (Å²) >= 11 is 0. The highest BCUT2D eigenvalue weighted by Gasteiger charge is 2.46. The number of nitro benzene ring substituents is 2. The third-order valence-corrected chi connectivity index (χ3v) is 5.12. The summed E-state index contributed by atoms with van der Waals surface area (Å²) in [5, 5.41) is 33.0. The zero-order chi connectivity index (χ0) is 23.6. The smallest absolute Gasteiger partial charge is 0.336 e. The maximum absolute atomic E-state index is 12.2. The first-order valence-electron chi connectivity index (χ1n) is 9.23. The molecule has 0 bridgehead atoms. The van der Waals surface area contributed by atoms with Crippen LogP contribution >= 0.6 is 0 Å². The van der Waals surface area contributed by atoms with Crippen LogP contribution in [0.3, 0.4) is 0 Å². The number of non-ortho nitro benzene ring substituents is 1. The molecular weight excluding hydrogens is 408 g/mol. The number of nitrogens with zero attached hydrogens (tertiary/aromatic N) is 2. The Labute approximate surface area is 177 Å². The molecule has 31 heavy (non-hydrogen) atoms. The van der Waals surface area contributed by atoms with Gasteiger partial charge in [0.1, 0.15) is 5.60 Å². The molecule has 1 aromatic carbocycles. The van der Waals surface area contributed by atoms with E-state index in [4.69, 9.17) is 4.74 Å². The van der Waals surface area contributed by atoms with E-state index in [-0.39, 0.29) is 12.2 Å². The Balaban J connectivity index is 2.24. The van der Waals surface area contributed by atoms with Gasteiger partial charge in [-0.3, -0.25) is 25.0 Å². The number of allylic oxidation sites excluding steroid dienone is 3. The van der Waals surface area contributed by atoms with Crippen LogP contribution in [-0.4, -0.2) is 32.3 Å². The van der Waals surface area contributed by atoms with E-state index in [1.54, 1.807) is 27.7 Å². The van der Waals surface area contributed by atoms with E-state index in [1.807, 2.05) is 0 Å². The van der Waals surface area contributed by atoms with Crippen LogP contribution in [0, 0.1) is 25.6 Å². The van der Waals surface area contributed by atoms with E-state index >= 15 is 0 Å². The maximum Gasteiger partial charge on any atom is 0.336 e. The summed E-state index contributed by atoms with van der Waals surface area (Å²) in [6, 6.07) is 2.67. The fraction of sp³-hybridized carbons (Fsp3) is 0.333. The van der Waals surface area contributed by atoms with Gasteiger partial charge in [-0.15, -0.1) is 0 Å². The van der Waals surface area contributed by atoms with Crippen LogP contribution in [-0.2, 0) is 9.59 Å². The lowest BCUT2D eigenvalue weighted by Gasteiger charge is -2.43. The van der Waals surface area contributed by atoms with Crippen LogP contribution in [0.4, 0.5) is 11.4 Å². The lowest BCUT2D eigenvalue weighted by atomic mass is 9.64. The molecule has 10 nitrogen and oxygen atoms in total. The highest BCUT2D eigenvalue weighted by molar-refractivity contribution is 5.93. The summed E-state index contributed by atoms with van der Waals surface area (Å²) < 4.78 is 4.97. The Morgan fingerprint density at radius 1 is 1.23 bits per heavy atom. The number of carbonyl (C=O) groups is 2. The third-order valence-electron chi connectivity index (χ3n) is 5.12. The minimum absolute atomic E-state index is 0.0823. The largest absolute Gasteiger partial charge is 0.416 e. The van der Waals surface area contributed by atoms with Crippen molar-refractivity contribution in [1.29, 1.82) is 0 Å². The molecule has 1 N–H and O–H groups in total. The molecule has 0 amide bonds. The summed E-state index contributed by atoms with van der Waals surface area (Å²) in [4.78, 5) is 44.2. The van der Waals surface area contributed by atoms with Gasteiger partial charge in [-0.25, -0.2) is 4.79 Å². The number of benzene rings is 1. The van der Waals surface area contributed by atoms with Gasteiger partial charge in [0, 0.05) is 24.0 Å². The molecule has 0 saturated carbocycles. The van der Waals surface area contributed by atoms with Crippen molar-refractivity contribution in [1.82, 2.24) is 0 Å². The molecule has 2 rings (SSSR count). The Hall–Kier alpha value is -3.66. The van der Waals surface area contributed by atoms with Crippen molar-refractivity contribution < 1.29 is 29.3 Å². The molecule has 1 aliphatic rings. The van der Waals surface area contributed by atoms with Gasteiger partial charge >= 0.3 is 11.7 Å². The first kappa shape index (κ1) is 23.6. The van der Waals surface area contributed by atoms with Gasteiger partial charge in [0.25, 0.3) is 5.69 Å². The van der Waals surface area contributed by atoms with E-state index in [0.29, 0.717) is 17.2 Å². The van der Waals surface area contributed by atoms with Gasteiger partial charge in [-0.05, 0) is 43.2 Å². The molecule has 0 fully saturated rings. The third kappa shape index (κ3) is 5.10. The van der Waals surface area contributed by atoms with Gasteiger partial charge in [0.2, 0.25) is 5.75 Å². The number of aliphatic hydroxyl groups is 1. The van der Waals surface area contributed by atoms with Gasteiger partial charge in [-0.2, -0.15) is 0 Å². The summed E-state index contributed by atoms with van der Waals surface area (Å²) in [5.74, 6) is -1.45. The van der Waals surface area contributed by atoms with Crippen molar-refractivity contribution in [2.75, 3.05) is 0 Å². The average Bonchev–Trinajstić information content (AvgIpc) is 2.64. The summed E-state index contributed by atoms with van der Waals surface area (Å²) in [7, 11) is 0. The summed E-state index contributed by atoms with van der Waals surface area (Å²) in [5.41, 5.74) is -2.54. The van der Waals surface area contributed by atoms with Crippen molar-refractivity contribution in [2.24, 2.45) is 5.41 Å². The van der Waals surface area contributed by atoms with Crippen molar-refractivity contribution in [3.05, 3.63) is 73.9 Å². The number of nitro groups is 2. The first-order chi connectivity index (χ1) is 14.3. The van der Waals surface area contributed by atoms with E-state index in [2.05, 4.69) is 0 Å². The molecule has 10 heteroatoms. The number of ketones is 1. The maximum atomic E-state index is 12.2. The summed E-state index contributed by atoms with van der Waals surface area (Å²) in [6.07, 6.45) is 5.57. The summed E-state index contributed by atoms with van der Waals surface area (Å²) in [6.45, 7) is 6.72. The normalized spacial score (nSPS) is 21.0. The predicted molar refractivity (Wildman–Crippen MR) is 110 cm³/mol. The van der Waals surface area contributed by atoms with Gasteiger partial charge in [-0.1, -0.05) is 19.9 Å². The molecule has 1 atom stereocenters. The average molecular weight is 430 g/mol. The van der Waals surface area contributed by atoms with Crippen LogP contribution in [0.5, 0.6) is 5.75 Å². The number of esters is 1. The van der Waals surface area contributed by atoms with Crippen LogP contribution < -0.4 is 4.74 Å². The highest BCUT2D eigenvalue weighted by atomic mass is 16.6. The second kappa shape index (κ2) is 8.60. The molecular formula is C21H22N2O8. The van der Waals surface area contributed by atoms with Crippen molar-refractivity contribution in [3.8, 4) is 5.75 Å². The van der Waals surface area contributed by atoms with E-state index in [1.165, 1.54) is 18.2 Å². The van der Waals surface area contributed by atoms with E-state index in [0.717, 1.165) is 18.2 Å². The Morgan fingerprint density at radius 2 is 1.87 bits per heavy atom. The fourth-order valence-corrected chi connectivity index (χ4v) is 3.34. The van der Waals surface area contributed by atoms with Crippen LogP contribution in [0.1, 0.15) is 34.1 Å². The zero-order valence-electron chi connectivity index (χ0n) is 17.4. The van der Waals surface area contributed by atoms with Crippen molar-refractivity contribution in [2.45, 2.75) is 39.7 Å². The molecule has 1 aromatic rings. The molecule has 0 aromatic heterocycles. The number of hydrogen-bond acceptors (Lipinski definition) is 8. The predicted octanol–water partition coefficient (Wildman–Crippen LogP) is 3.59. The Morgan fingerprint density at radius 3 is 2.42 bits per heavy atom. The molecule has 1 unspecified atom stereocenters. The molecule has 0 saturated heterocycles. The molecule has 0 heterocycles. The number of hydrogen-bond donors (Lipinski definition) is 1. The number of carbonyl (C=O) groups excluding carboxylic acids is 2. The number of ether oxygens (including phenoxy) is 1. The molecule has 164 valence electrons. The van der Waals surface area contributed by atoms with Crippen LogP contribution in [0.15, 0.2) is 53.6 Å². The second-order valence-corrected chi connectivity index (χ2v) is 7.93. The molecule has 1 aliphatic carbocycles. The van der Waals surface area contributed by atoms with E-state index in [9.17, 15) is 34.9 Å². The SMILES string of the molecule is CC(C=CC1(O)C(C)=CC(=O)CC1(C)C)=CC(=O)Oc1ccc([N+](=O)[O-])cc1[N+](=O)[O-]. The van der Waals surface area contributed by atoms with Crippen LogP contribution in [0.2, 0.25) is 0 Å². The molecule has 0 aliphatic heterocycles. The topological polar surface area (TPSA) is 150 Å². The van der Waals surface area contributed by atoms with Gasteiger partial charge < -0.3 is 9.84 Å². The quantitative estimate of drug-likeness (QED) is 0.180. The van der Waals surface area contributed by atoms with Gasteiger partial charge in [0.05, 0.1) is 15.9 Å². The van der Waals surface area contributed by atoms with E-state index < -0.39 is 44.0 Å². The first-order valence-corrected chi connectivity index (χ1v) is 9.23. The second-order valence-electron chi connectivity index (χ2n) is 7.93. The lowest BCUT2D eigenvalue weighted by Crippen LogP contribution is -2.48. The fourth-order valence-electron chi connectivity index (χ4n) is 3.34. The zero-order valence-corrected chi connectivity index (χ0v) is 17.4. The minimum atomic E-state index is -1.41. The Bertz CT molecular complexity index is 1050. The van der Waals surface area contributed by atoms with Gasteiger partial charge in [0.15, 0.2) is 5.78 Å².